The maximum atomic E-state index is 12.8. The van der Waals surface area contributed by atoms with Crippen molar-refractivity contribution in [3.8, 4) is 17.6 Å². The second-order valence-electron chi connectivity index (χ2n) is 7.22. The molecule has 0 saturated carbocycles. The van der Waals surface area contributed by atoms with Crippen LogP contribution in [0.2, 0.25) is 0 Å². The number of hydrogen-bond donors (Lipinski definition) is 3. The maximum Gasteiger partial charge on any atom is 0.255 e. The standard InChI is InChI=1S/C20H27N3O5/c21-11-14-9-16(19-18(10-14)27-7-2-8-28-19)20(26)22-12-15-3-5-23(4-1-6-24)13-17(15)25/h9-10,15,17,24-25H,1-8,12-13H2,(H,22,26)/t15-,17?/m0/s1. The molecule has 2 aliphatic rings. The number of rotatable bonds is 6. The molecule has 1 aromatic carbocycles. The molecule has 8 nitrogen and oxygen atoms in total. The van der Waals surface area contributed by atoms with Crippen molar-refractivity contribution in [2.24, 2.45) is 5.92 Å². The Kier molecular flexibility index (Phi) is 7.09. The molecule has 3 N–H and O–H groups in total. The highest BCUT2D eigenvalue weighted by Gasteiger charge is 2.28. The highest BCUT2D eigenvalue weighted by Crippen LogP contribution is 2.34. The Bertz CT molecular complexity index is 733. The highest BCUT2D eigenvalue weighted by atomic mass is 16.5. The van der Waals surface area contributed by atoms with E-state index in [1.165, 1.54) is 6.07 Å². The van der Waals surface area contributed by atoms with Crippen molar-refractivity contribution in [3.63, 3.8) is 0 Å². The van der Waals surface area contributed by atoms with Gasteiger partial charge < -0.3 is 29.9 Å². The minimum Gasteiger partial charge on any atom is -0.489 e. The van der Waals surface area contributed by atoms with Gasteiger partial charge in [-0.05, 0) is 25.5 Å². The van der Waals surface area contributed by atoms with Crippen LogP contribution in [0.5, 0.6) is 11.5 Å². The van der Waals surface area contributed by atoms with Crippen molar-refractivity contribution < 1.29 is 24.5 Å². The summed E-state index contributed by atoms with van der Waals surface area (Å²) in [4.78, 5) is 14.9. The number of hydrogen-bond acceptors (Lipinski definition) is 7. The number of carbonyl (C=O) groups excluding carboxylic acids is 1. The molecule has 0 radical (unpaired) electrons. The molecule has 0 spiro atoms. The molecule has 3 rings (SSSR count). The van der Waals surface area contributed by atoms with E-state index in [-0.39, 0.29) is 24.0 Å². The number of nitriles is 1. The van der Waals surface area contributed by atoms with Gasteiger partial charge in [0.15, 0.2) is 11.5 Å². The van der Waals surface area contributed by atoms with E-state index < -0.39 is 6.10 Å². The Hall–Kier alpha value is -2.34. The number of likely N-dealkylation sites (tertiary alicyclic amines) is 1. The predicted molar refractivity (Wildman–Crippen MR) is 101 cm³/mol. The Morgan fingerprint density at radius 2 is 2.18 bits per heavy atom. The summed E-state index contributed by atoms with van der Waals surface area (Å²) in [5.41, 5.74) is 0.623. The van der Waals surface area contributed by atoms with Gasteiger partial charge in [0.2, 0.25) is 0 Å². The van der Waals surface area contributed by atoms with Gasteiger partial charge in [-0.1, -0.05) is 0 Å². The summed E-state index contributed by atoms with van der Waals surface area (Å²) in [5.74, 6) is 0.408. The number of ether oxygens (including phenoxy) is 2. The first-order valence-corrected chi connectivity index (χ1v) is 9.75. The van der Waals surface area contributed by atoms with Crippen molar-refractivity contribution in [2.75, 3.05) is 46.0 Å². The number of piperidine rings is 1. The first kappa shape index (κ1) is 20.4. The van der Waals surface area contributed by atoms with Crippen molar-refractivity contribution in [1.82, 2.24) is 10.2 Å². The van der Waals surface area contributed by atoms with Crippen molar-refractivity contribution in [1.29, 1.82) is 5.26 Å². The van der Waals surface area contributed by atoms with E-state index in [2.05, 4.69) is 10.2 Å². The fourth-order valence-electron chi connectivity index (χ4n) is 3.61. The van der Waals surface area contributed by atoms with E-state index in [9.17, 15) is 15.2 Å². The zero-order chi connectivity index (χ0) is 19.9. The minimum absolute atomic E-state index is 0.0377. The highest BCUT2D eigenvalue weighted by molar-refractivity contribution is 5.98. The molecule has 152 valence electrons. The normalized spacial score (nSPS) is 22.2. The van der Waals surface area contributed by atoms with Gasteiger partial charge >= 0.3 is 0 Å². The van der Waals surface area contributed by atoms with Gasteiger partial charge in [0, 0.05) is 44.6 Å². The van der Waals surface area contributed by atoms with E-state index in [1.807, 2.05) is 6.07 Å². The van der Waals surface area contributed by atoms with Crippen LogP contribution in [0, 0.1) is 17.2 Å². The number of aliphatic hydroxyl groups is 2. The number of nitrogens with zero attached hydrogens (tertiary/aromatic N) is 2. The number of β-amino-alcohol motifs (C(OH)–C–C–N with tert-alkyl or cyclic N) is 1. The quantitative estimate of drug-likeness (QED) is 0.649. The third-order valence-corrected chi connectivity index (χ3v) is 5.18. The third-order valence-electron chi connectivity index (χ3n) is 5.18. The minimum atomic E-state index is -0.533. The molecule has 2 atom stereocenters. The molecule has 8 heteroatoms. The van der Waals surface area contributed by atoms with Crippen LogP contribution >= 0.6 is 0 Å². The zero-order valence-electron chi connectivity index (χ0n) is 15.9. The number of benzene rings is 1. The Morgan fingerprint density at radius 3 is 2.93 bits per heavy atom. The average Bonchev–Trinajstić information content (AvgIpc) is 2.95. The van der Waals surface area contributed by atoms with E-state index in [1.54, 1.807) is 6.07 Å². The SMILES string of the molecule is N#Cc1cc2c(c(C(=O)NC[C@@H]3CCN(CCCO)CC3O)c1)OCCCO2. The largest absolute Gasteiger partial charge is 0.489 e. The molecule has 1 unspecified atom stereocenters. The summed E-state index contributed by atoms with van der Waals surface area (Å²) in [6.45, 7) is 3.54. The summed E-state index contributed by atoms with van der Waals surface area (Å²) >= 11 is 0. The predicted octanol–water partition coefficient (Wildman–Crippen LogP) is 0.515. The number of aliphatic hydroxyl groups excluding tert-OH is 2. The monoisotopic (exact) mass is 389 g/mol. The topological polar surface area (TPSA) is 115 Å². The van der Waals surface area contributed by atoms with E-state index in [0.29, 0.717) is 56.2 Å². The van der Waals surface area contributed by atoms with Gasteiger partial charge in [0.05, 0.1) is 36.5 Å². The fourth-order valence-corrected chi connectivity index (χ4v) is 3.61. The van der Waals surface area contributed by atoms with Crippen LogP contribution in [0.1, 0.15) is 35.2 Å². The average molecular weight is 389 g/mol. The van der Waals surface area contributed by atoms with E-state index in [0.717, 1.165) is 19.5 Å². The number of amides is 1. The summed E-state index contributed by atoms with van der Waals surface area (Å²) < 4.78 is 11.3. The molecular weight excluding hydrogens is 362 g/mol. The Balaban J connectivity index is 1.63. The molecule has 1 aromatic rings. The third kappa shape index (κ3) is 4.93. The number of carbonyl (C=O) groups is 1. The smallest absolute Gasteiger partial charge is 0.255 e. The molecule has 28 heavy (non-hydrogen) atoms. The summed E-state index contributed by atoms with van der Waals surface area (Å²) in [5, 5.41) is 31.4. The Labute approximate surface area is 164 Å². The lowest BCUT2D eigenvalue weighted by Crippen LogP contribution is -2.48. The molecule has 0 bridgehead atoms. The second-order valence-corrected chi connectivity index (χ2v) is 7.22. The van der Waals surface area contributed by atoms with Crippen LogP contribution in [0.3, 0.4) is 0 Å². The molecule has 2 heterocycles. The van der Waals surface area contributed by atoms with Crippen molar-refractivity contribution in [3.05, 3.63) is 23.3 Å². The zero-order valence-corrected chi connectivity index (χ0v) is 15.9. The lowest BCUT2D eigenvalue weighted by molar-refractivity contribution is 0.0201. The van der Waals surface area contributed by atoms with Crippen LogP contribution in [-0.2, 0) is 0 Å². The number of nitrogens with one attached hydrogen (secondary N) is 1. The van der Waals surface area contributed by atoms with Crippen LogP contribution in [0.25, 0.3) is 0 Å². The lowest BCUT2D eigenvalue weighted by Gasteiger charge is -2.36. The fraction of sp³-hybridized carbons (Fsp3) is 0.600. The molecule has 1 fully saturated rings. The van der Waals surface area contributed by atoms with Gasteiger partial charge in [-0.2, -0.15) is 5.26 Å². The molecule has 2 aliphatic heterocycles. The maximum absolute atomic E-state index is 12.8. The number of fused-ring (bicyclic) bond motifs is 1. The van der Waals surface area contributed by atoms with Gasteiger partial charge in [-0.15, -0.1) is 0 Å². The molecule has 0 aromatic heterocycles. The van der Waals surface area contributed by atoms with Crippen LogP contribution in [0.4, 0.5) is 0 Å². The molecule has 0 aliphatic carbocycles. The summed E-state index contributed by atoms with van der Waals surface area (Å²) in [6.07, 6.45) is 1.63. The Morgan fingerprint density at radius 1 is 1.36 bits per heavy atom. The van der Waals surface area contributed by atoms with Crippen molar-refractivity contribution in [2.45, 2.75) is 25.4 Å². The first-order chi connectivity index (χ1) is 13.6. The van der Waals surface area contributed by atoms with E-state index in [4.69, 9.17) is 14.6 Å². The van der Waals surface area contributed by atoms with Crippen LogP contribution < -0.4 is 14.8 Å². The van der Waals surface area contributed by atoms with Crippen LogP contribution in [-0.4, -0.2) is 73.1 Å². The molecule has 1 amide bonds. The molecule has 1 saturated heterocycles. The first-order valence-electron chi connectivity index (χ1n) is 9.75. The van der Waals surface area contributed by atoms with E-state index >= 15 is 0 Å². The van der Waals surface area contributed by atoms with Gasteiger partial charge in [0.25, 0.3) is 5.91 Å². The van der Waals surface area contributed by atoms with Crippen LogP contribution in [0.15, 0.2) is 12.1 Å². The summed E-state index contributed by atoms with van der Waals surface area (Å²) in [7, 11) is 0. The summed E-state index contributed by atoms with van der Waals surface area (Å²) in [6, 6.07) is 5.15. The second kappa shape index (κ2) is 9.73. The van der Waals surface area contributed by atoms with Gasteiger partial charge in [0.1, 0.15) is 0 Å². The van der Waals surface area contributed by atoms with Gasteiger partial charge in [-0.3, -0.25) is 4.79 Å². The van der Waals surface area contributed by atoms with Crippen molar-refractivity contribution >= 4 is 5.91 Å². The molecular formula is C20H27N3O5. The van der Waals surface area contributed by atoms with Gasteiger partial charge in [-0.25, -0.2) is 0 Å². The lowest BCUT2D eigenvalue weighted by atomic mass is 9.93.